The van der Waals surface area contributed by atoms with E-state index in [9.17, 15) is 15.3 Å². The average Bonchev–Trinajstić information content (AvgIpc) is 2.96. The number of phenols is 3. The first-order valence-corrected chi connectivity index (χ1v) is 17.6. The maximum Gasteiger partial charge on any atom is 0.122 e. The third kappa shape index (κ3) is 6.65. The summed E-state index contributed by atoms with van der Waals surface area (Å²) in [7, 11) is 0. The second kappa shape index (κ2) is 13.4. The fourth-order valence-electron chi connectivity index (χ4n) is 7.74. The minimum atomic E-state index is -0.293. The van der Waals surface area contributed by atoms with Crippen molar-refractivity contribution in [3.05, 3.63) is 86.5 Å². The molecule has 1 aliphatic rings. The van der Waals surface area contributed by atoms with Crippen LogP contribution in [0.2, 0.25) is 0 Å². The number of phenolic OH excluding ortho intramolecular Hbond substituents is 3. The molecule has 0 radical (unpaired) electrons. The molecule has 3 aromatic rings. The van der Waals surface area contributed by atoms with E-state index in [4.69, 9.17) is 0 Å². The molecule has 1 unspecified atom stereocenters. The average molecular weight is 613 g/mol. The fraction of sp³-hybridized carbons (Fsp3) is 0.571. The molecule has 0 aromatic heterocycles. The highest BCUT2D eigenvalue weighted by Gasteiger charge is 2.42. The van der Waals surface area contributed by atoms with Gasteiger partial charge in [0.15, 0.2) is 0 Å². The highest BCUT2D eigenvalue weighted by molar-refractivity contribution is 5.56. The van der Waals surface area contributed by atoms with Crippen molar-refractivity contribution >= 4 is 0 Å². The molecule has 0 heterocycles. The summed E-state index contributed by atoms with van der Waals surface area (Å²) in [5.41, 5.74) is 9.71. The highest BCUT2D eigenvalue weighted by Crippen LogP contribution is 2.54. The minimum absolute atomic E-state index is 0.190. The van der Waals surface area contributed by atoms with Gasteiger partial charge in [-0.05, 0) is 111 Å². The molecule has 1 saturated carbocycles. The lowest BCUT2D eigenvalue weighted by Gasteiger charge is -2.44. The molecule has 1 atom stereocenters. The Hall–Kier alpha value is -2.94. The maximum absolute atomic E-state index is 11.4. The summed E-state index contributed by atoms with van der Waals surface area (Å²) in [5.74, 6) is 2.86. The summed E-state index contributed by atoms with van der Waals surface area (Å²) in [5, 5.41) is 34.1. The molecule has 246 valence electrons. The van der Waals surface area contributed by atoms with Crippen LogP contribution in [0.25, 0.3) is 0 Å². The molecule has 4 rings (SSSR count). The van der Waals surface area contributed by atoms with Gasteiger partial charge in [-0.1, -0.05) is 126 Å². The van der Waals surface area contributed by atoms with Crippen molar-refractivity contribution in [1.82, 2.24) is 0 Å². The third-order valence-electron chi connectivity index (χ3n) is 10.6. The first-order chi connectivity index (χ1) is 21.0. The van der Waals surface area contributed by atoms with E-state index in [0.717, 1.165) is 59.1 Å². The highest BCUT2D eigenvalue weighted by atomic mass is 16.3. The molecule has 0 spiro atoms. The first kappa shape index (κ1) is 34.9. The molecule has 0 amide bonds. The quantitative estimate of drug-likeness (QED) is 0.225. The van der Waals surface area contributed by atoms with Crippen LogP contribution in [0.1, 0.15) is 200 Å². The van der Waals surface area contributed by atoms with Gasteiger partial charge >= 0.3 is 0 Å². The van der Waals surface area contributed by atoms with Gasteiger partial charge in [-0.2, -0.15) is 0 Å². The zero-order valence-electron chi connectivity index (χ0n) is 30.2. The van der Waals surface area contributed by atoms with Crippen molar-refractivity contribution in [2.45, 2.75) is 156 Å². The first-order valence-electron chi connectivity index (χ1n) is 17.6. The number of benzene rings is 3. The molecule has 0 saturated heterocycles. The number of rotatable bonds is 9. The lowest BCUT2D eigenvalue weighted by atomic mass is 9.60. The molecule has 3 nitrogen and oxygen atoms in total. The summed E-state index contributed by atoms with van der Waals surface area (Å²) in [6.45, 7) is 26.0. The van der Waals surface area contributed by atoms with Crippen LogP contribution in [0.15, 0.2) is 36.4 Å². The van der Waals surface area contributed by atoms with Crippen molar-refractivity contribution < 1.29 is 15.3 Å². The molecule has 1 fully saturated rings. The monoisotopic (exact) mass is 612 g/mol. The topological polar surface area (TPSA) is 60.7 Å². The summed E-state index contributed by atoms with van der Waals surface area (Å²) >= 11 is 0. The van der Waals surface area contributed by atoms with Crippen molar-refractivity contribution in [2.75, 3.05) is 0 Å². The Bertz CT molecular complexity index is 1350. The van der Waals surface area contributed by atoms with E-state index in [1.54, 1.807) is 0 Å². The van der Waals surface area contributed by atoms with Crippen LogP contribution < -0.4 is 0 Å². The van der Waals surface area contributed by atoms with Gasteiger partial charge in [0.25, 0.3) is 0 Å². The lowest BCUT2D eigenvalue weighted by Crippen LogP contribution is -2.34. The van der Waals surface area contributed by atoms with Crippen LogP contribution in [0.4, 0.5) is 0 Å². The Labute approximate surface area is 274 Å². The number of hydrogen-bond donors (Lipinski definition) is 3. The van der Waals surface area contributed by atoms with E-state index in [1.807, 2.05) is 0 Å². The molecular formula is C42H60O3. The van der Waals surface area contributed by atoms with Crippen LogP contribution in [0.3, 0.4) is 0 Å². The van der Waals surface area contributed by atoms with Gasteiger partial charge in [0.2, 0.25) is 0 Å². The smallest absolute Gasteiger partial charge is 0.122 e. The Morgan fingerprint density at radius 2 is 0.778 bits per heavy atom. The SMILES string of the molecule is CC(C)c1cc(C2CCCC(c3cc(C(C)C)c(O)c(C(C)C)c3)(c3cc(C(C)C)c(O)c(C(C)C)c3)C2)cc(C(C)C)c1O. The largest absolute Gasteiger partial charge is 0.507 e. The molecule has 3 aromatic carbocycles. The van der Waals surface area contributed by atoms with E-state index in [2.05, 4.69) is 119 Å². The van der Waals surface area contributed by atoms with Crippen LogP contribution >= 0.6 is 0 Å². The molecule has 3 heteroatoms. The lowest BCUT2D eigenvalue weighted by molar-refractivity contribution is 0.308. The second-order valence-electron chi connectivity index (χ2n) is 15.9. The molecule has 45 heavy (non-hydrogen) atoms. The maximum atomic E-state index is 11.4. The van der Waals surface area contributed by atoms with Crippen LogP contribution in [-0.4, -0.2) is 15.3 Å². The Balaban J connectivity index is 2.07. The summed E-state index contributed by atoms with van der Waals surface area (Å²) in [6.07, 6.45) is 4.12. The normalized spacial score (nSPS) is 17.1. The van der Waals surface area contributed by atoms with E-state index in [0.29, 0.717) is 23.2 Å². The van der Waals surface area contributed by atoms with Crippen molar-refractivity contribution in [3.8, 4) is 17.2 Å². The van der Waals surface area contributed by atoms with Gasteiger partial charge in [0, 0.05) is 5.41 Å². The third-order valence-corrected chi connectivity index (χ3v) is 10.6. The van der Waals surface area contributed by atoms with E-state index >= 15 is 0 Å². The van der Waals surface area contributed by atoms with Gasteiger partial charge in [-0.25, -0.2) is 0 Å². The second-order valence-corrected chi connectivity index (χ2v) is 15.9. The molecule has 0 bridgehead atoms. The van der Waals surface area contributed by atoms with Crippen molar-refractivity contribution in [2.24, 2.45) is 0 Å². The van der Waals surface area contributed by atoms with Crippen LogP contribution in [0.5, 0.6) is 17.2 Å². The summed E-state index contributed by atoms with van der Waals surface area (Å²) in [6, 6.07) is 13.7. The Morgan fingerprint density at radius 1 is 0.489 bits per heavy atom. The fourth-order valence-corrected chi connectivity index (χ4v) is 7.74. The van der Waals surface area contributed by atoms with Gasteiger partial charge in [0.1, 0.15) is 17.2 Å². The van der Waals surface area contributed by atoms with Gasteiger partial charge in [0.05, 0.1) is 0 Å². The Kier molecular flexibility index (Phi) is 10.4. The zero-order valence-corrected chi connectivity index (χ0v) is 30.2. The van der Waals surface area contributed by atoms with Gasteiger partial charge in [-0.15, -0.1) is 0 Å². The number of hydrogen-bond acceptors (Lipinski definition) is 3. The standard InChI is InChI=1S/C42H60O3/c1-23(2)33-16-30(17-34(24(3)4)39(33)43)29-14-13-15-42(22-29,31-18-35(25(5)6)40(44)36(19-31)26(7)8)32-20-37(27(9)10)41(45)38(21-32)28(11)12/h16-21,23-29,43-45H,13-15,22H2,1-12H3. The predicted molar refractivity (Wildman–Crippen MR) is 191 cm³/mol. The Morgan fingerprint density at radius 3 is 1.07 bits per heavy atom. The molecule has 3 N–H and O–H groups in total. The summed E-state index contributed by atoms with van der Waals surface area (Å²) < 4.78 is 0. The molecular weight excluding hydrogens is 552 g/mol. The predicted octanol–water partition coefficient (Wildman–Crippen LogP) is 12.2. The number of aromatic hydroxyl groups is 3. The van der Waals surface area contributed by atoms with E-state index < -0.39 is 0 Å². The van der Waals surface area contributed by atoms with E-state index in [-0.39, 0.29) is 40.9 Å². The summed E-state index contributed by atoms with van der Waals surface area (Å²) in [4.78, 5) is 0. The molecule has 1 aliphatic carbocycles. The zero-order chi connectivity index (χ0) is 33.5. The van der Waals surface area contributed by atoms with Crippen molar-refractivity contribution in [1.29, 1.82) is 0 Å². The van der Waals surface area contributed by atoms with Crippen LogP contribution in [0, 0.1) is 0 Å². The van der Waals surface area contributed by atoms with Gasteiger partial charge < -0.3 is 15.3 Å². The van der Waals surface area contributed by atoms with Gasteiger partial charge in [-0.3, -0.25) is 0 Å². The van der Waals surface area contributed by atoms with Crippen LogP contribution in [-0.2, 0) is 5.41 Å². The van der Waals surface area contributed by atoms with Crippen molar-refractivity contribution in [3.63, 3.8) is 0 Å². The minimum Gasteiger partial charge on any atom is -0.507 e. The molecule has 0 aliphatic heterocycles. The van der Waals surface area contributed by atoms with E-state index in [1.165, 1.54) is 16.7 Å².